The highest BCUT2D eigenvalue weighted by Gasteiger charge is 2.20. The van der Waals surface area contributed by atoms with Crippen LogP contribution in [0.25, 0.3) is 0 Å². The third kappa shape index (κ3) is 8.48. The molecule has 0 atom stereocenters. The Morgan fingerprint density at radius 2 is 0.868 bits per heavy atom. The number of unbranched alkanes of at least 4 members (excludes halogenated alkanes) is 4. The second-order valence-corrected chi connectivity index (χ2v) is 10.4. The number of allylic oxidation sites excluding steroid dienone is 5. The van der Waals surface area contributed by atoms with Crippen LogP contribution in [-0.2, 0) is 0 Å². The molecule has 0 N–H and O–H groups in total. The molecule has 2 aromatic carbocycles. The Kier molecular flexibility index (Phi) is 12.4. The van der Waals surface area contributed by atoms with E-state index in [2.05, 4.69) is 121 Å². The van der Waals surface area contributed by atoms with Crippen LogP contribution in [-0.4, -0.2) is 31.9 Å². The lowest BCUT2D eigenvalue weighted by molar-refractivity contribution is 0.678. The highest BCUT2D eigenvalue weighted by Crippen LogP contribution is 2.28. The molecule has 0 aromatic heterocycles. The maximum atomic E-state index is 4.10. The van der Waals surface area contributed by atoms with Crippen molar-refractivity contribution in [2.45, 2.75) is 79.1 Å². The van der Waals surface area contributed by atoms with E-state index in [1.807, 2.05) is 0 Å². The van der Waals surface area contributed by atoms with Crippen molar-refractivity contribution in [3.8, 4) is 0 Å². The molecule has 0 radical (unpaired) electrons. The first-order chi connectivity index (χ1) is 18.6. The van der Waals surface area contributed by atoms with Crippen molar-refractivity contribution in [3.63, 3.8) is 0 Å². The van der Waals surface area contributed by atoms with E-state index >= 15 is 0 Å². The maximum Gasteiger partial charge on any atom is 0.211 e. The second kappa shape index (κ2) is 16.0. The van der Waals surface area contributed by atoms with Gasteiger partial charge in [0.25, 0.3) is 0 Å². The van der Waals surface area contributed by atoms with Gasteiger partial charge in [0.1, 0.15) is 0 Å². The Bertz CT molecular complexity index is 974. The molecule has 0 amide bonds. The van der Waals surface area contributed by atoms with Crippen LogP contribution in [0.15, 0.2) is 85.0 Å². The summed E-state index contributed by atoms with van der Waals surface area (Å²) in [5.74, 6) is 0. The molecular formula is C35H50N3+. The summed E-state index contributed by atoms with van der Waals surface area (Å²) >= 11 is 0. The lowest BCUT2D eigenvalue weighted by Gasteiger charge is -2.25. The molecule has 38 heavy (non-hydrogen) atoms. The summed E-state index contributed by atoms with van der Waals surface area (Å²) in [4.78, 5) is 5.10. The van der Waals surface area contributed by atoms with Crippen LogP contribution in [0.1, 0.15) is 79.1 Å². The molecule has 0 fully saturated rings. The Morgan fingerprint density at radius 3 is 1.18 bits per heavy atom. The van der Waals surface area contributed by atoms with Gasteiger partial charge in [-0.15, -0.1) is 0 Å². The van der Waals surface area contributed by atoms with E-state index < -0.39 is 0 Å². The zero-order chi connectivity index (χ0) is 27.2. The molecule has 0 unspecified atom stereocenters. The van der Waals surface area contributed by atoms with E-state index in [0.717, 1.165) is 37.5 Å². The van der Waals surface area contributed by atoms with Gasteiger partial charge in [-0.3, -0.25) is 0 Å². The van der Waals surface area contributed by atoms with Gasteiger partial charge in [-0.05, 0) is 67.7 Å². The SMILES string of the molecule is C=C1C=CC(=[N+](c2ccc(N(CCCC)CCCC)cc2)c2ccc(N(CCCC)CCCC)cc2)C=C1. The van der Waals surface area contributed by atoms with Gasteiger partial charge in [-0.2, -0.15) is 4.58 Å². The van der Waals surface area contributed by atoms with Gasteiger partial charge >= 0.3 is 0 Å². The molecule has 0 bridgehead atoms. The van der Waals surface area contributed by atoms with Crippen LogP contribution in [0.3, 0.4) is 0 Å². The lowest BCUT2D eigenvalue weighted by Crippen LogP contribution is -2.25. The van der Waals surface area contributed by atoms with Crippen molar-refractivity contribution in [2.24, 2.45) is 0 Å². The van der Waals surface area contributed by atoms with E-state index in [-0.39, 0.29) is 0 Å². The van der Waals surface area contributed by atoms with E-state index in [1.54, 1.807) is 0 Å². The molecule has 3 nitrogen and oxygen atoms in total. The van der Waals surface area contributed by atoms with Crippen LogP contribution in [0, 0.1) is 0 Å². The Balaban J connectivity index is 1.95. The summed E-state index contributed by atoms with van der Waals surface area (Å²) in [5, 5.41) is 0. The largest absolute Gasteiger partial charge is 0.372 e. The Hall–Kier alpha value is -3.07. The van der Waals surface area contributed by atoms with Gasteiger partial charge in [0.2, 0.25) is 17.1 Å². The van der Waals surface area contributed by atoms with Crippen LogP contribution in [0.5, 0.6) is 0 Å². The summed E-state index contributed by atoms with van der Waals surface area (Å²) in [6.07, 6.45) is 18.4. The molecule has 3 rings (SSSR count). The average Bonchev–Trinajstić information content (AvgIpc) is 2.95. The summed E-state index contributed by atoms with van der Waals surface area (Å²) in [6.45, 7) is 17.7. The molecule has 3 heteroatoms. The molecule has 0 saturated heterocycles. The molecule has 0 heterocycles. The molecule has 2 aromatic rings. The van der Waals surface area contributed by atoms with Crippen molar-refractivity contribution >= 4 is 28.5 Å². The fourth-order valence-corrected chi connectivity index (χ4v) is 4.85. The lowest BCUT2D eigenvalue weighted by atomic mass is 10.1. The maximum absolute atomic E-state index is 4.10. The molecule has 1 aliphatic carbocycles. The molecule has 204 valence electrons. The quantitative estimate of drug-likeness (QED) is 0.207. The minimum atomic E-state index is 1.03. The number of rotatable bonds is 16. The fourth-order valence-electron chi connectivity index (χ4n) is 4.85. The van der Waals surface area contributed by atoms with Crippen molar-refractivity contribution in [1.29, 1.82) is 0 Å². The van der Waals surface area contributed by atoms with E-state index in [0.29, 0.717) is 0 Å². The summed E-state index contributed by atoms with van der Waals surface area (Å²) in [6, 6.07) is 18.3. The molecule has 1 aliphatic rings. The van der Waals surface area contributed by atoms with Crippen molar-refractivity contribution in [1.82, 2.24) is 4.58 Å². The monoisotopic (exact) mass is 512 g/mol. The summed E-state index contributed by atoms with van der Waals surface area (Å²) in [5.41, 5.74) is 7.18. The number of nitrogens with zero attached hydrogens (tertiary/aromatic N) is 3. The van der Waals surface area contributed by atoms with Gasteiger partial charge in [-0.1, -0.05) is 60.0 Å². The van der Waals surface area contributed by atoms with Crippen molar-refractivity contribution in [2.75, 3.05) is 36.0 Å². The summed E-state index contributed by atoms with van der Waals surface area (Å²) < 4.78 is 2.36. The molecular weight excluding hydrogens is 462 g/mol. The first kappa shape index (κ1) is 29.5. The standard InChI is InChI=1S/C35H50N3/c1-6-10-26-36(27-11-7-2)31-18-22-34(23-19-31)38(33-16-14-30(5)15-17-33)35-24-20-32(21-25-35)37(28-12-8-3)29-13-9-4/h14-25H,5-13,26-29H2,1-4H3/q+1. The number of hydrogen-bond acceptors (Lipinski definition) is 2. The predicted molar refractivity (Wildman–Crippen MR) is 171 cm³/mol. The van der Waals surface area contributed by atoms with Crippen LogP contribution < -0.4 is 14.4 Å². The van der Waals surface area contributed by atoms with E-state index in [4.69, 9.17) is 0 Å². The average molecular weight is 513 g/mol. The topological polar surface area (TPSA) is 9.49 Å². The fraction of sp³-hybridized carbons (Fsp3) is 0.457. The van der Waals surface area contributed by atoms with Gasteiger partial charge in [0.05, 0.1) is 0 Å². The third-order valence-corrected chi connectivity index (χ3v) is 7.27. The van der Waals surface area contributed by atoms with Gasteiger partial charge < -0.3 is 9.80 Å². The van der Waals surface area contributed by atoms with Gasteiger partial charge in [0, 0.05) is 74.0 Å². The minimum absolute atomic E-state index is 1.03. The number of hydrogen-bond donors (Lipinski definition) is 0. The van der Waals surface area contributed by atoms with E-state index in [9.17, 15) is 0 Å². The summed E-state index contributed by atoms with van der Waals surface area (Å²) in [7, 11) is 0. The van der Waals surface area contributed by atoms with Crippen molar-refractivity contribution < 1.29 is 0 Å². The highest BCUT2D eigenvalue weighted by molar-refractivity contribution is 6.09. The van der Waals surface area contributed by atoms with Crippen LogP contribution in [0.4, 0.5) is 22.7 Å². The number of benzene rings is 2. The highest BCUT2D eigenvalue weighted by atomic mass is 15.1. The van der Waals surface area contributed by atoms with E-state index in [1.165, 1.54) is 74.1 Å². The first-order valence-corrected chi connectivity index (χ1v) is 15.0. The zero-order valence-electron chi connectivity index (χ0n) is 24.5. The molecule has 0 spiro atoms. The van der Waals surface area contributed by atoms with Crippen LogP contribution in [0.2, 0.25) is 0 Å². The zero-order valence-corrected chi connectivity index (χ0v) is 24.5. The van der Waals surface area contributed by atoms with Gasteiger partial charge in [0.15, 0.2) is 0 Å². The number of anilines is 2. The van der Waals surface area contributed by atoms with Gasteiger partial charge in [-0.25, -0.2) is 0 Å². The Morgan fingerprint density at radius 1 is 0.526 bits per heavy atom. The molecule has 0 saturated carbocycles. The molecule has 0 aliphatic heterocycles. The normalized spacial score (nSPS) is 12.7. The first-order valence-electron chi connectivity index (χ1n) is 15.0. The second-order valence-electron chi connectivity index (χ2n) is 10.4. The predicted octanol–water partition coefficient (Wildman–Crippen LogP) is 9.46. The smallest absolute Gasteiger partial charge is 0.211 e. The minimum Gasteiger partial charge on any atom is -0.372 e. The van der Waals surface area contributed by atoms with Crippen LogP contribution >= 0.6 is 0 Å². The Labute approximate surface area is 232 Å². The van der Waals surface area contributed by atoms with Crippen molar-refractivity contribution in [3.05, 3.63) is 85.0 Å². The third-order valence-electron chi connectivity index (χ3n) is 7.27.